The standard InChI is InChI=1S/C7H12NOP/c1-3-10-9-7-5-4-6-8(7)2/h4-6,10H,3H2,1-2H3. The molecule has 0 saturated carbocycles. The first-order chi connectivity index (χ1) is 4.84. The predicted octanol–water partition coefficient (Wildman–Crippen LogP) is 2.02. The summed E-state index contributed by atoms with van der Waals surface area (Å²) in [5.74, 6) is 0.959. The Morgan fingerprint density at radius 3 is 3.00 bits per heavy atom. The van der Waals surface area contributed by atoms with E-state index in [0.717, 1.165) is 12.0 Å². The first kappa shape index (κ1) is 7.62. The van der Waals surface area contributed by atoms with Gasteiger partial charge in [0, 0.05) is 19.3 Å². The Kier molecular flexibility index (Phi) is 2.76. The fourth-order valence-corrected chi connectivity index (χ4v) is 1.20. The van der Waals surface area contributed by atoms with Crippen LogP contribution in [0.25, 0.3) is 0 Å². The van der Waals surface area contributed by atoms with Crippen molar-refractivity contribution in [2.75, 3.05) is 6.16 Å². The summed E-state index contributed by atoms with van der Waals surface area (Å²) in [6.07, 6.45) is 3.07. The fourth-order valence-electron chi connectivity index (χ4n) is 0.698. The molecule has 0 aliphatic rings. The van der Waals surface area contributed by atoms with Crippen LogP contribution >= 0.6 is 8.81 Å². The van der Waals surface area contributed by atoms with Crippen LogP contribution in [0, 0.1) is 0 Å². The van der Waals surface area contributed by atoms with Crippen molar-refractivity contribution < 1.29 is 4.52 Å². The molecule has 0 spiro atoms. The van der Waals surface area contributed by atoms with Crippen molar-refractivity contribution in [1.82, 2.24) is 4.57 Å². The van der Waals surface area contributed by atoms with Crippen LogP contribution in [0.2, 0.25) is 0 Å². The third kappa shape index (κ3) is 1.74. The highest BCUT2D eigenvalue weighted by atomic mass is 31.1. The molecule has 0 N–H and O–H groups in total. The summed E-state index contributed by atoms with van der Waals surface area (Å²) in [6.45, 7) is 2.11. The van der Waals surface area contributed by atoms with Gasteiger partial charge < -0.3 is 9.09 Å². The normalized spacial score (nSPS) is 11.0. The van der Waals surface area contributed by atoms with Crippen molar-refractivity contribution in [3.63, 3.8) is 0 Å². The van der Waals surface area contributed by atoms with Crippen LogP contribution in [0.5, 0.6) is 5.88 Å². The van der Waals surface area contributed by atoms with Crippen LogP contribution in [0.3, 0.4) is 0 Å². The summed E-state index contributed by atoms with van der Waals surface area (Å²) < 4.78 is 7.39. The predicted molar refractivity (Wildman–Crippen MR) is 44.9 cm³/mol. The van der Waals surface area contributed by atoms with Crippen LogP contribution in [0.15, 0.2) is 18.3 Å². The van der Waals surface area contributed by atoms with Gasteiger partial charge in [0.15, 0.2) is 5.88 Å². The Hall–Kier alpha value is -0.490. The lowest BCUT2D eigenvalue weighted by molar-refractivity contribution is 0.567. The van der Waals surface area contributed by atoms with E-state index in [1.165, 1.54) is 0 Å². The Morgan fingerprint density at radius 2 is 2.50 bits per heavy atom. The zero-order valence-corrected chi connectivity index (χ0v) is 7.29. The molecular formula is C7H12NOP. The Bertz CT molecular complexity index is 197. The van der Waals surface area contributed by atoms with Gasteiger partial charge in [0.2, 0.25) is 0 Å². The van der Waals surface area contributed by atoms with E-state index in [1.54, 1.807) is 0 Å². The summed E-state index contributed by atoms with van der Waals surface area (Å²) in [5, 5.41) is 0. The molecule has 0 saturated heterocycles. The van der Waals surface area contributed by atoms with Crippen molar-refractivity contribution in [3.05, 3.63) is 18.3 Å². The zero-order chi connectivity index (χ0) is 7.40. The largest absolute Gasteiger partial charge is 0.462 e. The van der Waals surface area contributed by atoms with Crippen LogP contribution in [0.1, 0.15) is 6.92 Å². The first-order valence-electron chi connectivity index (χ1n) is 3.35. The highest BCUT2D eigenvalue weighted by Gasteiger charge is 1.94. The summed E-state index contributed by atoms with van der Waals surface area (Å²) in [4.78, 5) is 0. The van der Waals surface area contributed by atoms with Crippen molar-refractivity contribution in [1.29, 1.82) is 0 Å². The maximum atomic E-state index is 5.42. The maximum absolute atomic E-state index is 5.42. The molecule has 0 radical (unpaired) electrons. The number of rotatable bonds is 3. The van der Waals surface area contributed by atoms with E-state index in [9.17, 15) is 0 Å². The highest BCUT2D eigenvalue weighted by Crippen LogP contribution is 2.19. The maximum Gasteiger partial charge on any atom is 0.195 e. The van der Waals surface area contributed by atoms with Gasteiger partial charge in [0.1, 0.15) is 0 Å². The molecule has 1 aromatic heterocycles. The van der Waals surface area contributed by atoms with Crippen molar-refractivity contribution in [3.8, 4) is 5.88 Å². The second kappa shape index (κ2) is 3.62. The molecular weight excluding hydrogens is 145 g/mol. The Balaban J connectivity index is 2.49. The van der Waals surface area contributed by atoms with Gasteiger partial charge >= 0.3 is 0 Å². The molecule has 1 rings (SSSR count). The van der Waals surface area contributed by atoms with Gasteiger partial charge in [-0.25, -0.2) is 0 Å². The number of aryl methyl sites for hydroxylation is 1. The molecule has 1 unspecified atom stereocenters. The minimum absolute atomic E-state index is 0.585. The SMILES string of the molecule is CCPOc1cccn1C. The van der Waals surface area contributed by atoms with Crippen LogP contribution < -0.4 is 4.52 Å². The average Bonchev–Trinajstić information content (AvgIpc) is 2.31. The number of aromatic nitrogens is 1. The number of hydrogen-bond donors (Lipinski definition) is 0. The Morgan fingerprint density at radius 1 is 1.70 bits per heavy atom. The first-order valence-corrected chi connectivity index (χ1v) is 4.47. The minimum Gasteiger partial charge on any atom is -0.462 e. The van der Waals surface area contributed by atoms with Gasteiger partial charge in [0.25, 0.3) is 0 Å². The zero-order valence-electron chi connectivity index (χ0n) is 6.29. The molecule has 3 heteroatoms. The number of hydrogen-bond acceptors (Lipinski definition) is 1. The summed E-state index contributed by atoms with van der Waals surface area (Å²) in [5.41, 5.74) is 0. The molecule has 0 aliphatic heterocycles. The Labute approximate surface area is 63.1 Å². The monoisotopic (exact) mass is 157 g/mol. The van der Waals surface area contributed by atoms with E-state index in [4.69, 9.17) is 4.52 Å². The van der Waals surface area contributed by atoms with Crippen molar-refractivity contribution in [2.24, 2.45) is 7.05 Å². The molecule has 56 valence electrons. The topological polar surface area (TPSA) is 14.2 Å². The quantitative estimate of drug-likeness (QED) is 0.612. The number of nitrogens with zero attached hydrogens (tertiary/aromatic N) is 1. The molecule has 0 aliphatic carbocycles. The average molecular weight is 157 g/mol. The summed E-state index contributed by atoms with van der Waals surface area (Å²) in [7, 11) is 2.57. The van der Waals surface area contributed by atoms with Crippen LogP contribution in [0.4, 0.5) is 0 Å². The van der Waals surface area contributed by atoms with Gasteiger partial charge in [-0.1, -0.05) is 6.92 Å². The van der Waals surface area contributed by atoms with Crippen LogP contribution in [-0.4, -0.2) is 10.7 Å². The lowest BCUT2D eigenvalue weighted by Crippen LogP contribution is -1.88. The summed E-state index contributed by atoms with van der Waals surface area (Å²) in [6, 6.07) is 3.96. The molecule has 10 heavy (non-hydrogen) atoms. The molecule has 0 bridgehead atoms. The third-order valence-corrected chi connectivity index (χ3v) is 1.86. The van der Waals surface area contributed by atoms with E-state index in [0.29, 0.717) is 8.81 Å². The highest BCUT2D eigenvalue weighted by molar-refractivity contribution is 7.32. The lowest BCUT2D eigenvalue weighted by Gasteiger charge is -2.03. The van der Waals surface area contributed by atoms with E-state index in [-0.39, 0.29) is 0 Å². The molecule has 0 aromatic carbocycles. The van der Waals surface area contributed by atoms with E-state index in [2.05, 4.69) is 6.92 Å². The van der Waals surface area contributed by atoms with Gasteiger partial charge in [-0.15, -0.1) is 0 Å². The van der Waals surface area contributed by atoms with E-state index in [1.807, 2.05) is 29.9 Å². The smallest absolute Gasteiger partial charge is 0.195 e. The van der Waals surface area contributed by atoms with Crippen molar-refractivity contribution >= 4 is 8.81 Å². The molecule has 0 fully saturated rings. The molecule has 1 heterocycles. The van der Waals surface area contributed by atoms with Gasteiger partial charge in [-0.3, -0.25) is 0 Å². The molecule has 1 aromatic rings. The second-order valence-corrected chi connectivity index (χ2v) is 3.26. The van der Waals surface area contributed by atoms with E-state index < -0.39 is 0 Å². The van der Waals surface area contributed by atoms with Gasteiger partial charge in [-0.2, -0.15) is 0 Å². The van der Waals surface area contributed by atoms with Crippen molar-refractivity contribution in [2.45, 2.75) is 6.92 Å². The molecule has 1 atom stereocenters. The lowest BCUT2D eigenvalue weighted by atomic mass is 10.7. The minimum atomic E-state index is 0.585. The molecule has 2 nitrogen and oxygen atoms in total. The van der Waals surface area contributed by atoms with E-state index >= 15 is 0 Å². The summed E-state index contributed by atoms with van der Waals surface area (Å²) >= 11 is 0. The fraction of sp³-hybridized carbons (Fsp3) is 0.429. The third-order valence-electron chi connectivity index (χ3n) is 1.22. The van der Waals surface area contributed by atoms with Crippen LogP contribution in [-0.2, 0) is 7.05 Å². The molecule has 0 amide bonds. The second-order valence-electron chi connectivity index (χ2n) is 2.06. The van der Waals surface area contributed by atoms with Gasteiger partial charge in [-0.05, 0) is 12.2 Å². The van der Waals surface area contributed by atoms with Gasteiger partial charge in [0.05, 0.1) is 8.81 Å².